The van der Waals surface area contributed by atoms with E-state index in [1.54, 1.807) is 11.8 Å². The fraction of sp³-hybridized carbons (Fsp3) is 0.0870. The van der Waals surface area contributed by atoms with Gasteiger partial charge >= 0.3 is 0 Å². The molecule has 0 unspecified atom stereocenters. The smallest absolute Gasteiger partial charge is 0.220 e. The number of benzene rings is 3. The summed E-state index contributed by atoms with van der Waals surface area (Å²) in [6.07, 6.45) is 1.91. The number of ether oxygens (including phenoxy) is 1. The number of aryl methyl sites for hydroxylation is 2. The van der Waals surface area contributed by atoms with Crippen LogP contribution in [0.1, 0.15) is 11.1 Å². The van der Waals surface area contributed by atoms with Crippen molar-refractivity contribution in [2.24, 2.45) is 4.99 Å². The molecule has 0 bridgehead atoms. The van der Waals surface area contributed by atoms with Gasteiger partial charge in [-0.1, -0.05) is 54.2 Å². The van der Waals surface area contributed by atoms with E-state index in [2.05, 4.69) is 37.0 Å². The normalized spacial score (nSPS) is 11.7. The molecule has 0 saturated heterocycles. The van der Waals surface area contributed by atoms with Crippen molar-refractivity contribution in [1.82, 2.24) is 0 Å². The molecule has 130 valence electrons. The van der Waals surface area contributed by atoms with Crippen LogP contribution in [0.5, 0.6) is 5.75 Å². The topological polar surface area (TPSA) is 21.6 Å². The van der Waals surface area contributed by atoms with E-state index < -0.39 is 0 Å². The summed E-state index contributed by atoms with van der Waals surface area (Å²) in [6.45, 7) is 4.23. The maximum atomic E-state index is 5.95. The molecule has 2 nitrogen and oxygen atoms in total. The molecule has 0 aromatic heterocycles. The van der Waals surface area contributed by atoms with Crippen LogP contribution < -0.4 is 4.74 Å². The molecule has 3 aromatic rings. The van der Waals surface area contributed by atoms with Gasteiger partial charge in [-0.3, -0.25) is 0 Å². The number of aliphatic imine (C=N–C) groups is 1. The summed E-state index contributed by atoms with van der Waals surface area (Å²) < 4.78 is 5.95. The Morgan fingerprint density at radius 1 is 0.846 bits per heavy atom. The number of para-hydroxylation sites is 2. The maximum absolute atomic E-state index is 5.95. The number of nitrogens with zero attached hydrogens (tertiary/aromatic N) is 1. The van der Waals surface area contributed by atoms with E-state index >= 15 is 0 Å². The second kappa shape index (κ2) is 9.07. The Balaban J connectivity index is 1.79. The highest BCUT2D eigenvalue weighted by Gasteiger charge is 2.01. The summed E-state index contributed by atoms with van der Waals surface area (Å²) >= 11 is 1.66. The van der Waals surface area contributed by atoms with Gasteiger partial charge in [-0.2, -0.15) is 0 Å². The van der Waals surface area contributed by atoms with E-state index in [1.807, 2.05) is 72.1 Å². The third-order valence-electron chi connectivity index (χ3n) is 3.57. The zero-order valence-electron chi connectivity index (χ0n) is 14.9. The van der Waals surface area contributed by atoms with Crippen molar-refractivity contribution >= 4 is 23.3 Å². The van der Waals surface area contributed by atoms with Crippen LogP contribution in [-0.4, -0.2) is 5.90 Å². The Morgan fingerprint density at radius 3 is 2.12 bits per heavy atom. The molecule has 0 aliphatic rings. The van der Waals surface area contributed by atoms with Gasteiger partial charge in [0, 0.05) is 11.0 Å². The van der Waals surface area contributed by atoms with Crippen LogP contribution in [0.2, 0.25) is 0 Å². The molecule has 26 heavy (non-hydrogen) atoms. The van der Waals surface area contributed by atoms with Crippen molar-refractivity contribution in [3.63, 3.8) is 0 Å². The highest BCUT2D eigenvalue weighted by molar-refractivity contribution is 8.02. The lowest BCUT2D eigenvalue weighted by Gasteiger charge is -2.06. The zero-order valence-corrected chi connectivity index (χ0v) is 15.7. The van der Waals surface area contributed by atoms with E-state index in [-0.39, 0.29) is 0 Å². The van der Waals surface area contributed by atoms with Crippen LogP contribution in [0.25, 0.3) is 0 Å². The Morgan fingerprint density at radius 2 is 1.46 bits per heavy atom. The Kier molecular flexibility index (Phi) is 6.29. The van der Waals surface area contributed by atoms with E-state index in [0.29, 0.717) is 5.90 Å². The lowest BCUT2D eigenvalue weighted by Crippen LogP contribution is -2.04. The van der Waals surface area contributed by atoms with E-state index in [4.69, 9.17) is 4.74 Å². The molecule has 0 fully saturated rings. The molecular formula is C23H21NOS. The predicted octanol–water partition coefficient (Wildman–Crippen LogP) is 6.72. The van der Waals surface area contributed by atoms with Crippen LogP contribution >= 0.6 is 11.8 Å². The van der Waals surface area contributed by atoms with Gasteiger partial charge in [-0.05, 0) is 66.8 Å². The van der Waals surface area contributed by atoms with Gasteiger partial charge in [0.1, 0.15) is 5.75 Å². The fourth-order valence-corrected chi connectivity index (χ4v) is 3.35. The Labute approximate surface area is 159 Å². The average Bonchev–Trinajstić information content (AvgIpc) is 2.62. The Bertz CT molecular complexity index is 882. The summed E-state index contributed by atoms with van der Waals surface area (Å²) in [5, 5.41) is 2.01. The summed E-state index contributed by atoms with van der Waals surface area (Å²) in [5.41, 5.74) is 3.39. The zero-order chi connectivity index (χ0) is 18.2. The van der Waals surface area contributed by atoms with E-state index in [1.165, 1.54) is 16.0 Å². The van der Waals surface area contributed by atoms with Crippen molar-refractivity contribution in [2.75, 3.05) is 0 Å². The first-order valence-electron chi connectivity index (χ1n) is 8.47. The van der Waals surface area contributed by atoms with Crippen LogP contribution in [0.15, 0.2) is 100 Å². The minimum atomic E-state index is 0.555. The minimum Gasteiger partial charge on any atom is -0.439 e. The number of hydrogen-bond acceptors (Lipinski definition) is 3. The molecule has 0 amide bonds. The second-order valence-corrected chi connectivity index (χ2v) is 6.92. The lowest BCUT2D eigenvalue weighted by atomic mass is 10.2. The summed E-state index contributed by atoms with van der Waals surface area (Å²) in [4.78, 5) is 5.82. The summed E-state index contributed by atoms with van der Waals surface area (Å²) in [7, 11) is 0. The first-order chi connectivity index (χ1) is 12.7. The summed E-state index contributed by atoms with van der Waals surface area (Å²) in [5.74, 6) is 1.32. The van der Waals surface area contributed by atoms with Crippen molar-refractivity contribution < 1.29 is 4.74 Å². The van der Waals surface area contributed by atoms with Gasteiger partial charge in [-0.15, -0.1) is 0 Å². The monoisotopic (exact) mass is 359 g/mol. The van der Waals surface area contributed by atoms with Gasteiger partial charge in [0.2, 0.25) is 5.90 Å². The van der Waals surface area contributed by atoms with Crippen molar-refractivity contribution in [3.05, 3.63) is 101 Å². The maximum Gasteiger partial charge on any atom is 0.220 e. The molecule has 3 rings (SSSR count). The molecule has 3 aromatic carbocycles. The number of hydrogen-bond donors (Lipinski definition) is 0. The largest absolute Gasteiger partial charge is 0.439 e. The molecule has 0 spiro atoms. The highest BCUT2D eigenvalue weighted by Crippen LogP contribution is 2.23. The van der Waals surface area contributed by atoms with Crippen LogP contribution in [-0.2, 0) is 0 Å². The molecule has 0 atom stereocenters. The van der Waals surface area contributed by atoms with E-state index in [0.717, 1.165) is 11.4 Å². The van der Waals surface area contributed by atoms with Crippen molar-refractivity contribution in [3.8, 4) is 5.75 Å². The average molecular weight is 359 g/mol. The van der Waals surface area contributed by atoms with Gasteiger partial charge in [0.05, 0.1) is 5.69 Å². The van der Waals surface area contributed by atoms with Crippen molar-refractivity contribution in [1.29, 1.82) is 0 Å². The molecule has 0 N–H and O–H groups in total. The minimum absolute atomic E-state index is 0.555. The van der Waals surface area contributed by atoms with Crippen LogP contribution in [0, 0.1) is 13.8 Å². The first kappa shape index (κ1) is 18.0. The number of thioether (sulfide) groups is 1. The molecule has 0 saturated carbocycles. The fourth-order valence-electron chi connectivity index (χ4n) is 2.50. The first-order valence-corrected chi connectivity index (χ1v) is 9.35. The quantitative estimate of drug-likeness (QED) is 0.286. The van der Waals surface area contributed by atoms with Crippen LogP contribution in [0.4, 0.5) is 5.69 Å². The van der Waals surface area contributed by atoms with Gasteiger partial charge in [0.15, 0.2) is 0 Å². The third kappa shape index (κ3) is 5.64. The molecule has 3 heteroatoms. The van der Waals surface area contributed by atoms with Gasteiger partial charge < -0.3 is 4.74 Å². The standard InChI is InChI=1S/C23H21NOS/c1-18-15-19(2)17-22(16-18)26-14-13-23(24-20-9-5-3-6-10-20)25-21-11-7-4-8-12-21/h3-17H,1-2H3/b14-13+,24-23?. The SMILES string of the molecule is Cc1cc(C)cc(S/C=C/C(=Nc2ccccc2)Oc2ccccc2)c1. The molecule has 0 aliphatic heterocycles. The molecule has 0 radical (unpaired) electrons. The molecule has 0 heterocycles. The lowest BCUT2D eigenvalue weighted by molar-refractivity contribution is 0.556. The highest BCUT2D eigenvalue weighted by atomic mass is 32.2. The van der Waals surface area contributed by atoms with Gasteiger partial charge in [-0.25, -0.2) is 4.99 Å². The predicted molar refractivity (Wildman–Crippen MR) is 112 cm³/mol. The van der Waals surface area contributed by atoms with E-state index in [9.17, 15) is 0 Å². The van der Waals surface area contributed by atoms with Gasteiger partial charge in [0.25, 0.3) is 0 Å². The third-order valence-corrected chi connectivity index (χ3v) is 4.35. The van der Waals surface area contributed by atoms with Crippen molar-refractivity contribution in [2.45, 2.75) is 18.7 Å². The number of rotatable bonds is 5. The summed E-state index contributed by atoms with van der Waals surface area (Å²) in [6, 6.07) is 26.0. The second-order valence-electron chi connectivity index (χ2n) is 5.94. The Hall–Kier alpha value is -2.78. The molecular weight excluding hydrogens is 338 g/mol. The van der Waals surface area contributed by atoms with Crippen LogP contribution in [0.3, 0.4) is 0 Å². The molecule has 0 aliphatic carbocycles.